The van der Waals surface area contributed by atoms with Gasteiger partial charge in [-0.1, -0.05) is 19.3 Å². The Bertz CT molecular complexity index is 1110. The van der Waals surface area contributed by atoms with E-state index in [0.29, 0.717) is 37.8 Å². The van der Waals surface area contributed by atoms with Crippen molar-refractivity contribution in [3.05, 3.63) is 35.9 Å². The molecule has 3 aliphatic rings. The van der Waals surface area contributed by atoms with E-state index in [-0.39, 0.29) is 36.0 Å². The Morgan fingerprint density at radius 1 is 1.06 bits per heavy atom. The van der Waals surface area contributed by atoms with Gasteiger partial charge in [0.2, 0.25) is 11.9 Å². The van der Waals surface area contributed by atoms with Gasteiger partial charge in [-0.05, 0) is 25.8 Å². The number of amides is 3. The van der Waals surface area contributed by atoms with E-state index in [2.05, 4.69) is 20.4 Å². The zero-order valence-corrected chi connectivity index (χ0v) is 20.3. The maximum atomic E-state index is 13.3. The first-order valence-electron chi connectivity index (χ1n) is 12.3. The molecule has 2 fully saturated rings. The molecular formula is C24H32N8O3. The number of carbonyl (C=O) groups is 3. The molecule has 0 unspecified atom stereocenters. The van der Waals surface area contributed by atoms with Gasteiger partial charge in [0.15, 0.2) is 5.69 Å². The molecule has 0 bridgehead atoms. The molecule has 0 spiro atoms. The highest BCUT2D eigenvalue weighted by atomic mass is 16.2. The van der Waals surface area contributed by atoms with Gasteiger partial charge in [0.25, 0.3) is 11.8 Å². The molecule has 35 heavy (non-hydrogen) atoms. The molecule has 1 saturated heterocycles. The summed E-state index contributed by atoms with van der Waals surface area (Å²) in [6.45, 7) is 4.22. The van der Waals surface area contributed by atoms with Gasteiger partial charge >= 0.3 is 0 Å². The van der Waals surface area contributed by atoms with Crippen molar-refractivity contribution in [1.29, 1.82) is 0 Å². The number of anilines is 1. The molecule has 3 amide bonds. The number of hydrogen-bond donors (Lipinski definition) is 1. The van der Waals surface area contributed by atoms with Crippen LogP contribution < -0.4 is 10.2 Å². The Morgan fingerprint density at radius 2 is 1.74 bits per heavy atom. The monoisotopic (exact) mass is 480 g/mol. The van der Waals surface area contributed by atoms with Crippen LogP contribution in [0.1, 0.15) is 60.0 Å². The van der Waals surface area contributed by atoms with Gasteiger partial charge in [-0.15, -0.1) is 0 Å². The SMILES string of the molecule is CN1C(=O)c2cc(C(=O)N3CCN(c4ncccn4)CC3)nn2C[C@]1(C)C(=O)NC1CCCCC1. The zero-order valence-electron chi connectivity index (χ0n) is 20.3. The number of aromatic nitrogens is 4. The van der Waals surface area contributed by atoms with Crippen LogP contribution in [0.15, 0.2) is 24.5 Å². The van der Waals surface area contributed by atoms with Crippen molar-refractivity contribution < 1.29 is 14.4 Å². The standard InChI is InChI=1S/C24H32N8O3/c1-24(22(35)27-17-7-4-3-5-8-17)16-32-19(21(34)29(24)2)15-18(28-32)20(33)30-11-13-31(14-12-30)23-25-9-6-10-26-23/h6,9-10,15,17H,3-5,7-8,11-14,16H2,1-2H3,(H,27,35)/t24-/m1/s1. The summed E-state index contributed by atoms with van der Waals surface area (Å²) in [5.41, 5.74) is -0.520. The molecule has 1 saturated carbocycles. The van der Waals surface area contributed by atoms with Crippen LogP contribution in [-0.2, 0) is 11.3 Å². The average Bonchev–Trinajstić information content (AvgIpc) is 3.32. The summed E-state index contributed by atoms with van der Waals surface area (Å²) >= 11 is 0. The number of rotatable bonds is 4. The predicted octanol–water partition coefficient (Wildman–Crippen LogP) is 0.929. The molecule has 1 aliphatic carbocycles. The van der Waals surface area contributed by atoms with Crippen LogP contribution in [0.4, 0.5) is 5.95 Å². The van der Waals surface area contributed by atoms with Gasteiger partial charge in [0.1, 0.15) is 11.2 Å². The smallest absolute Gasteiger partial charge is 0.274 e. The summed E-state index contributed by atoms with van der Waals surface area (Å²) in [5.74, 6) is -0.0514. The third kappa shape index (κ3) is 4.35. The minimum atomic E-state index is -1.07. The van der Waals surface area contributed by atoms with Crippen LogP contribution in [0.3, 0.4) is 0 Å². The van der Waals surface area contributed by atoms with Crippen LogP contribution in [0, 0.1) is 0 Å². The van der Waals surface area contributed by atoms with Crippen LogP contribution in [-0.4, -0.2) is 92.1 Å². The fourth-order valence-corrected chi connectivity index (χ4v) is 5.15. The van der Waals surface area contributed by atoms with E-state index in [1.807, 2.05) is 4.90 Å². The lowest BCUT2D eigenvalue weighted by atomic mass is 9.92. The number of nitrogens with zero attached hydrogens (tertiary/aromatic N) is 7. The number of carbonyl (C=O) groups excluding carboxylic acids is 3. The Labute approximate surface area is 204 Å². The molecule has 186 valence electrons. The molecule has 2 aromatic heterocycles. The molecule has 1 atom stereocenters. The molecule has 11 nitrogen and oxygen atoms in total. The average molecular weight is 481 g/mol. The molecule has 0 radical (unpaired) electrons. The summed E-state index contributed by atoms with van der Waals surface area (Å²) in [4.78, 5) is 53.4. The Morgan fingerprint density at radius 3 is 2.43 bits per heavy atom. The normalized spacial score (nSPS) is 23.3. The van der Waals surface area contributed by atoms with Gasteiger partial charge in [-0.3, -0.25) is 19.1 Å². The van der Waals surface area contributed by atoms with Gasteiger partial charge < -0.3 is 20.0 Å². The minimum Gasteiger partial charge on any atom is -0.351 e. The first kappa shape index (κ1) is 23.3. The first-order chi connectivity index (χ1) is 16.9. The van der Waals surface area contributed by atoms with E-state index < -0.39 is 5.54 Å². The summed E-state index contributed by atoms with van der Waals surface area (Å²) in [5, 5.41) is 7.62. The Balaban J connectivity index is 1.28. The van der Waals surface area contributed by atoms with Gasteiger partial charge in [-0.2, -0.15) is 5.10 Å². The highest BCUT2D eigenvalue weighted by Crippen LogP contribution is 2.27. The molecule has 1 N–H and O–H groups in total. The maximum Gasteiger partial charge on any atom is 0.274 e. The highest BCUT2D eigenvalue weighted by molar-refractivity contribution is 6.01. The molecule has 2 aromatic rings. The molecule has 4 heterocycles. The fraction of sp³-hybridized carbons (Fsp3) is 0.583. The summed E-state index contributed by atoms with van der Waals surface area (Å²) < 4.78 is 1.52. The molecule has 0 aromatic carbocycles. The molecular weight excluding hydrogens is 448 g/mol. The number of piperazine rings is 1. The quantitative estimate of drug-likeness (QED) is 0.692. The van der Waals surface area contributed by atoms with E-state index in [1.54, 1.807) is 43.4 Å². The first-order valence-corrected chi connectivity index (χ1v) is 12.3. The van der Waals surface area contributed by atoms with Crippen molar-refractivity contribution >= 4 is 23.7 Å². The Hall–Kier alpha value is -3.50. The third-order valence-corrected chi connectivity index (χ3v) is 7.55. The van der Waals surface area contributed by atoms with Crippen LogP contribution in [0.5, 0.6) is 0 Å². The number of nitrogens with one attached hydrogen (secondary N) is 1. The Kier molecular flexibility index (Phi) is 6.16. The van der Waals surface area contributed by atoms with Crippen molar-refractivity contribution in [2.24, 2.45) is 0 Å². The van der Waals surface area contributed by atoms with Crippen LogP contribution in [0.2, 0.25) is 0 Å². The molecule has 2 aliphatic heterocycles. The second kappa shape index (κ2) is 9.27. The lowest BCUT2D eigenvalue weighted by molar-refractivity contribution is -0.133. The van der Waals surface area contributed by atoms with Crippen molar-refractivity contribution in [2.45, 2.75) is 57.2 Å². The largest absolute Gasteiger partial charge is 0.351 e. The topological polar surface area (TPSA) is 117 Å². The van der Waals surface area contributed by atoms with E-state index in [0.717, 1.165) is 25.7 Å². The number of fused-ring (bicyclic) bond motifs is 1. The lowest BCUT2D eigenvalue weighted by Gasteiger charge is -2.41. The van der Waals surface area contributed by atoms with Gasteiger partial charge in [0.05, 0.1) is 6.54 Å². The zero-order chi connectivity index (χ0) is 24.6. The number of hydrogen-bond acceptors (Lipinski definition) is 7. The van der Waals surface area contributed by atoms with E-state index >= 15 is 0 Å². The van der Waals surface area contributed by atoms with Crippen molar-refractivity contribution in [3.8, 4) is 0 Å². The van der Waals surface area contributed by atoms with Crippen LogP contribution in [0.25, 0.3) is 0 Å². The summed E-state index contributed by atoms with van der Waals surface area (Å²) in [7, 11) is 1.64. The summed E-state index contributed by atoms with van der Waals surface area (Å²) in [6.07, 6.45) is 8.75. The van der Waals surface area contributed by atoms with E-state index in [9.17, 15) is 14.4 Å². The van der Waals surface area contributed by atoms with Gasteiger partial charge in [-0.25, -0.2) is 9.97 Å². The van der Waals surface area contributed by atoms with E-state index in [4.69, 9.17) is 0 Å². The van der Waals surface area contributed by atoms with Crippen molar-refractivity contribution in [3.63, 3.8) is 0 Å². The number of likely N-dealkylation sites (N-methyl/N-ethyl adjacent to an activating group) is 1. The van der Waals surface area contributed by atoms with Crippen LogP contribution >= 0.6 is 0 Å². The predicted molar refractivity (Wildman–Crippen MR) is 128 cm³/mol. The fourth-order valence-electron chi connectivity index (χ4n) is 5.15. The molecule has 11 heteroatoms. The lowest BCUT2D eigenvalue weighted by Crippen LogP contribution is -2.63. The van der Waals surface area contributed by atoms with E-state index in [1.165, 1.54) is 16.0 Å². The maximum absolute atomic E-state index is 13.3. The van der Waals surface area contributed by atoms with Crippen molar-refractivity contribution in [1.82, 2.24) is 34.9 Å². The highest BCUT2D eigenvalue weighted by Gasteiger charge is 2.47. The second-order valence-corrected chi connectivity index (χ2v) is 9.85. The molecule has 5 rings (SSSR count). The van der Waals surface area contributed by atoms with Crippen molar-refractivity contribution in [2.75, 3.05) is 38.1 Å². The third-order valence-electron chi connectivity index (χ3n) is 7.55. The second-order valence-electron chi connectivity index (χ2n) is 9.85. The minimum absolute atomic E-state index is 0.146. The van der Waals surface area contributed by atoms with Gasteiger partial charge in [0, 0.05) is 57.7 Å². The summed E-state index contributed by atoms with van der Waals surface area (Å²) in [6, 6.07) is 3.47.